The third-order valence-corrected chi connectivity index (χ3v) is 11.0. The lowest BCUT2D eigenvalue weighted by molar-refractivity contribution is -0.183. The Bertz CT molecular complexity index is 1000. The largest absolute Gasteiger partial charge is 0.458 e. The van der Waals surface area contributed by atoms with Gasteiger partial charge in [0.2, 0.25) is 0 Å². The molecule has 0 bridgehead atoms. The van der Waals surface area contributed by atoms with Crippen LogP contribution < -0.4 is 0 Å². The molecule has 0 radical (unpaired) electrons. The SMILES string of the molecule is CC1=C(CO)C(=O)O[C@@H]([C@@H](C)C2CC[C@H]3[C@@H]4C[C@H]5O[C@]56[C@@H](O)C=CC(=O)C6(O)C4CC[C@]23C)C1. The first-order valence-corrected chi connectivity index (χ1v) is 12.9. The Hall–Kier alpha value is -1.54. The fourth-order valence-electron chi connectivity index (χ4n) is 9.25. The van der Waals surface area contributed by atoms with Crippen LogP contribution in [0, 0.1) is 35.0 Å². The summed E-state index contributed by atoms with van der Waals surface area (Å²) in [6, 6.07) is 0. The van der Waals surface area contributed by atoms with Gasteiger partial charge in [0.15, 0.2) is 17.0 Å². The number of cyclic esters (lactones) is 1. The second kappa shape index (κ2) is 7.25. The zero-order valence-electron chi connectivity index (χ0n) is 20.2. The quantitative estimate of drug-likeness (QED) is 0.425. The van der Waals surface area contributed by atoms with E-state index in [0.29, 0.717) is 23.8 Å². The molecule has 4 aliphatic carbocycles. The van der Waals surface area contributed by atoms with E-state index >= 15 is 0 Å². The fraction of sp³-hybridized carbons (Fsp3) is 0.778. The molecule has 0 aromatic rings. The first-order chi connectivity index (χ1) is 16.1. The molecule has 3 saturated carbocycles. The number of hydrogen-bond acceptors (Lipinski definition) is 7. The number of ketones is 1. The lowest BCUT2D eigenvalue weighted by Crippen LogP contribution is -2.69. The molecule has 1 spiro atoms. The molecule has 7 nitrogen and oxygen atoms in total. The highest BCUT2D eigenvalue weighted by atomic mass is 16.6. The standard InChI is InChI=1S/C27H36O7/c1-13-10-20(33-24(31)16(13)12-28)14(2)17-4-5-18-15-11-23-27(34-23)22(30)7-6-21(29)26(27,32)19(15)8-9-25(17,18)3/h6-7,14-15,17-20,22-23,28,30,32H,4-5,8-12H2,1-3H3/t14-,15-,17?,18-,19?,20+,22-,23+,25+,26?,27+/m0/s1. The van der Waals surface area contributed by atoms with E-state index in [1.807, 2.05) is 6.92 Å². The van der Waals surface area contributed by atoms with E-state index in [9.17, 15) is 24.9 Å². The molecule has 1 saturated heterocycles. The van der Waals surface area contributed by atoms with E-state index in [2.05, 4.69) is 13.8 Å². The molecule has 3 unspecified atom stereocenters. The van der Waals surface area contributed by atoms with Gasteiger partial charge in [0.1, 0.15) is 12.2 Å². The van der Waals surface area contributed by atoms with Crippen LogP contribution >= 0.6 is 0 Å². The summed E-state index contributed by atoms with van der Waals surface area (Å²) in [7, 11) is 0. The monoisotopic (exact) mass is 472 g/mol. The van der Waals surface area contributed by atoms with Crippen LogP contribution in [0.2, 0.25) is 0 Å². The Kier molecular flexibility index (Phi) is 4.88. The van der Waals surface area contributed by atoms with Crippen LogP contribution in [-0.4, -0.2) is 63.2 Å². The van der Waals surface area contributed by atoms with Gasteiger partial charge in [-0.1, -0.05) is 19.4 Å². The maximum Gasteiger partial charge on any atom is 0.336 e. The topological polar surface area (TPSA) is 117 Å². The molecule has 6 rings (SSSR count). The summed E-state index contributed by atoms with van der Waals surface area (Å²) < 4.78 is 11.8. The van der Waals surface area contributed by atoms with Crippen molar-refractivity contribution in [3.05, 3.63) is 23.3 Å². The number of carbonyl (C=O) groups is 2. The summed E-state index contributed by atoms with van der Waals surface area (Å²) >= 11 is 0. The summed E-state index contributed by atoms with van der Waals surface area (Å²) in [5.74, 6) is 0.132. The minimum absolute atomic E-state index is 0.0271. The summed E-state index contributed by atoms with van der Waals surface area (Å²) in [4.78, 5) is 25.5. The second-order valence-corrected chi connectivity index (χ2v) is 12.1. The normalized spacial score (nSPS) is 52.4. The van der Waals surface area contributed by atoms with Gasteiger partial charge in [-0.15, -0.1) is 0 Å². The molecule has 6 aliphatic rings. The molecule has 0 amide bonds. The number of fused-ring (bicyclic) bond motifs is 4. The Morgan fingerprint density at radius 3 is 2.68 bits per heavy atom. The molecule has 7 heteroatoms. The van der Waals surface area contributed by atoms with Crippen molar-refractivity contribution >= 4 is 11.8 Å². The summed E-state index contributed by atoms with van der Waals surface area (Å²) in [6.45, 7) is 6.17. The Labute approximate surface area is 200 Å². The summed E-state index contributed by atoms with van der Waals surface area (Å²) in [6.07, 6.45) is 6.47. The average molecular weight is 473 g/mol. The highest BCUT2D eigenvalue weighted by Gasteiger charge is 2.82. The van der Waals surface area contributed by atoms with Gasteiger partial charge >= 0.3 is 5.97 Å². The third-order valence-electron chi connectivity index (χ3n) is 11.0. The Balaban J connectivity index is 1.27. The number of epoxide rings is 1. The van der Waals surface area contributed by atoms with Crippen molar-refractivity contribution in [1.82, 2.24) is 0 Å². The predicted molar refractivity (Wildman–Crippen MR) is 121 cm³/mol. The minimum atomic E-state index is -1.65. The van der Waals surface area contributed by atoms with Gasteiger partial charge in [0, 0.05) is 12.3 Å². The van der Waals surface area contributed by atoms with E-state index in [4.69, 9.17) is 9.47 Å². The molecule has 186 valence electrons. The molecule has 2 aliphatic heterocycles. The second-order valence-electron chi connectivity index (χ2n) is 12.1. The molecule has 4 fully saturated rings. The zero-order valence-corrected chi connectivity index (χ0v) is 20.2. The van der Waals surface area contributed by atoms with Crippen LogP contribution in [-0.2, 0) is 19.1 Å². The van der Waals surface area contributed by atoms with Crippen LogP contribution in [0.4, 0.5) is 0 Å². The van der Waals surface area contributed by atoms with Crippen LogP contribution in [0.25, 0.3) is 0 Å². The van der Waals surface area contributed by atoms with E-state index < -0.39 is 23.3 Å². The summed E-state index contributed by atoms with van der Waals surface area (Å²) in [5, 5.41) is 32.0. The highest BCUT2D eigenvalue weighted by molar-refractivity contribution is 6.00. The van der Waals surface area contributed by atoms with E-state index in [1.165, 1.54) is 12.2 Å². The van der Waals surface area contributed by atoms with Crippen LogP contribution in [0.5, 0.6) is 0 Å². The Morgan fingerprint density at radius 2 is 1.97 bits per heavy atom. The van der Waals surface area contributed by atoms with Gasteiger partial charge in [-0.05, 0) is 80.3 Å². The molecule has 2 heterocycles. The maximum absolute atomic E-state index is 13.0. The minimum Gasteiger partial charge on any atom is -0.458 e. The van der Waals surface area contributed by atoms with E-state index in [0.717, 1.165) is 37.7 Å². The first kappa shape index (κ1) is 22.9. The van der Waals surface area contributed by atoms with Gasteiger partial charge in [-0.25, -0.2) is 4.79 Å². The number of hydrogen-bond donors (Lipinski definition) is 3. The number of ether oxygens (including phenoxy) is 2. The van der Waals surface area contributed by atoms with Gasteiger partial charge < -0.3 is 24.8 Å². The van der Waals surface area contributed by atoms with Crippen molar-refractivity contribution in [1.29, 1.82) is 0 Å². The van der Waals surface area contributed by atoms with Gasteiger partial charge in [-0.3, -0.25) is 4.79 Å². The number of esters is 1. The first-order valence-electron chi connectivity index (χ1n) is 12.9. The van der Waals surface area contributed by atoms with Crippen molar-refractivity contribution in [2.24, 2.45) is 35.0 Å². The van der Waals surface area contributed by atoms with Crippen molar-refractivity contribution in [2.45, 2.75) is 88.8 Å². The molecule has 3 N–H and O–H groups in total. The lowest BCUT2D eigenvalue weighted by Gasteiger charge is -2.57. The van der Waals surface area contributed by atoms with Gasteiger partial charge in [-0.2, -0.15) is 0 Å². The predicted octanol–water partition coefficient (Wildman–Crippen LogP) is 2.08. The number of aliphatic hydroxyl groups is 3. The molecular weight excluding hydrogens is 436 g/mol. The Morgan fingerprint density at radius 1 is 1.21 bits per heavy atom. The average Bonchev–Trinajstić information content (AvgIpc) is 3.43. The molecule has 34 heavy (non-hydrogen) atoms. The van der Waals surface area contributed by atoms with E-state index in [1.54, 1.807) is 0 Å². The van der Waals surface area contributed by atoms with Crippen molar-refractivity contribution < 1.29 is 34.4 Å². The van der Waals surface area contributed by atoms with Crippen molar-refractivity contribution in [3.8, 4) is 0 Å². The number of aliphatic hydroxyl groups excluding tert-OH is 2. The summed E-state index contributed by atoms with van der Waals surface area (Å²) in [5.41, 5.74) is -1.49. The molecular formula is C27H36O7. The number of rotatable bonds is 3. The van der Waals surface area contributed by atoms with Crippen LogP contribution in [0.1, 0.15) is 59.3 Å². The zero-order chi connectivity index (χ0) is 24.2. The smallest absolute Gasteiger partial charge is 0.336 e. The van der Waals surface area contributed by atoms with Gasteiger partial charge in [0.05, 0.1) is 18.3 Å². The number of carbonyl (C=O) groups excluding carboxylic acids is 2. The third kappa shape index (κ3) is 2.62. The van der Waals surface area contributed by atoms with Crippen LogP contribution in [0.3, 0.4) is 0 Å². The maximum atomic E-state index is 13.0. The molecule has 11 atom stereocenters. The lowest BCUT2D eigenvalue weighted by atomic mass is 9.47. The van der Waals surface area contributed by atoms with E-state index in [-0.39, 0.29) is 47.8 Å². The highest BCUT2D eigenvalue weighted by Crippen LogP contribution is 2.70. The van der Waals surface area contributed by atoms with Crippen molar-refractivity contribution in [2.75, 3.05) is 6.61 Å². The molecule has 0 aromatic heterocycles. The molecule has 0 aromatic carbocycles. The van der Waals surface area contributed by atoms with Crippen LogP contribution in [0.15, 0.2) is 23.3 Å². The van der Waals surface area contributed by atoms with Gasteiger partial charge in [0.25, 0.3) is 0 Å². The fourth-order valence-corrected chi connectivity index (χ4v) is 9.25. The van der Waals surface area contributed by atoms with Crippen molar-refractivity contribution in [3.63, 3.8) is 0 Å².